The minimum absolute atomic E-state index is 0.540. The molecule has 1 saturated carbocycles. The Balaban J connectivity index is 1.74. The number of aryl methyl sites for hydroxylation is 1. The second kappa shape index (κ2) is 5.59. The van der Waals surface area contributed by atoms with E-state index >= 15 is 0 Å². The third-order valence-corrected chi connectivity index (χ3v) is 4.00. The van der Waals surface area contributed by atoms with Crippen LogP contribution in [-0.2, 0) is 0 Å². The maximum absolute atomic E-state index is 4.60. The van der Waals surface area contributed by atoms with Crippen molar-refractivity contribution in [1.82, 2.24) is 14.6 Å². The number of fused-ring (bicyclic) bond motifs is 1. The van der Waals surface area contributed by atoms with Gasteiger partial charge in [-0.25, -0.2) is 4.52 Å². The molecule has 2 heterocycles. The summed E-state index contributed by atoms with van der Waals surface area (Å²) in [6.45, 7) is 2.07. The summed E-state index contributed by atoms with van der Waals surface area (Å²) < 4.78 is 1.86. The van der Waals surface area contributed by atoms with Crippen LogP contribution >= 0.6 is 0 Å². The highest BCUT2D eigenvalue weighted by molar-refractivity contribution is 5.49. The van der Waals surface area contributed by atoms with Gasteiger partial charge in [0.05, 0.1) is 0 Å². The van der Waals surface area contributed by atoms with Crippen molar-refractivity contribution in [1.29, 1.82) is 0 Å². The highest BCUT2D eigenvalue weighted by Gasteiger charge is 2.13. The Labute approximate surface area is 114 Å². The van der Waals surface area contributed by atoms with E-state index in [1.165, 1.54) is 50.5 Å². The van der Waals surface area contributed by atoms with Crippen LogP contribution in [0.2, 0.25) is 0 Å². The molecule has 4 heteroatoms. The Morgan fingerprint density at radius 3 is 2.63 bits per heavy atom. The van der Waals surface area contributed by atoms with Gasteiger partial charge in [0.15, 0.2) is 5.65 Å². The molecule has 19 heavy (non-hydrogen) atoms. The molecule has 0 radical (unpaired) electrons. The van der Waals surface area contributed by atoms with Crippen molar-refractivity contribution in [2.75, 3.05) is 5.32 Å². The third kappa shape index (κ3) is 2.88. The van der Waals surface area contributed by atoms with Crippen LogP contribution in [-0.4, -0.2) is 20.6 Å². The summed E-state index contributed by atoms with van der Waals surface area (Å²) in [7, 11) is 0. The molecule has 1 N–H and O–H groups in total. The Morgan fingerprint density at radius 1 is 1.16 bits per heavy atom. The van der Waals surface area contributed by atoms with Crippen molar-refractivity contribution in [3.05, 3.63) is 23.9 Å². The lowest BCUT2D eigenvalue weighted by Gasteiger charge is -2.19. The first-order valence-electron chi connectivity index (χ1n) is 7.41. The standard InChI is InChI=1S/C15H22N4/c1-12-8-7-11-19-14(12)17-15(18-19)16-13-9-5-3-2-4-6-10-13/h7-8,11,13H,2-6,9-10H2,1H3,(H,16,18). The Hall–Kier alpha value is -1.58. The SMILES string of the molecule is Cc1cccn2nc(NC3CCCCCCC3)nc12. The van der Waals surface area contributed by atoms with E-state index in [0.29, 0.717) is 6.04 Å². The third-order valence-electron chi connectivity index (χ3n) is 4.00. The molecule has 1 fully saturated rings. The van der Waals surface area contributed by atoms with E-state index in [-0.39, 0.29) is 0 Å². The molecule has 2 aromatic heterocycles. The smallest absolute Gasteiger partial charge is 0.243 e. The number of aromatic nitrogens is 3. The van der Waals surface area contributed by atoms with Gasteiger partial charge in [-0.05, 0) is 31.4 Å². The van der Waals surface area contributed by atoms with Gasteiger partial charge in [0.1, 0.15) is 0 Å². The lowest BCUT2D eigenvalue weighted by molar-refractivity contribution is 0.470. The van der Waals surface area contributed by atoms with Gasteiger partial charge in [-0.3, -0.25) is 0 Å². The summed E-state index contributed by atoms with van der Waals surface area (Å²) in [4.78, 5) is 4.60. The topological polar surface area (TPSA) is 42.2 Å². The molecule has 0 saturated heterocycles. The fraction of sp³-hybridized carbons (Fsp3) is 0.600. The van der Waals surface area contributed by atoms with Crippen LogP contribution in [0, 0.1) is 6.92 Å². The number of anilines is 1. The number of hydrogen-bond acceptors (Lipinski definition) is 3. The molecule has 0 amide bonds. The first kappa shape index (κ1) is 12.5. The highest BCUT2D eigenvalue weighted by atomic mass is 15.3. The van der Waals surface area contributed by atoms with Crippen LogP contribution in [0.15, 0.2) is 18.3 Å². The molecule has 4 nitrogen and oxygen atoms in total. The van der Waals surface area contributed by atoms with Crippen LogP contribution in [0.4, 0.5) is 5.95 Å². The predicted octanol–water partition coefficient (Wildman–Crippen LogP) is 3.56. The summed E-state index contributed by atoms with van der Waals surface area (Å²) in [6.07, 6.45) is 11.2. The van der Waals surface area contributed by atoms with Gasteiger partial charge in [0.2, 0.25) is 5.95 Å². The fourth-order valence-electron chi connectivity index (χ4n) is 2.88. The number of pyridine rings is 1. The molecule has 0 atom stereocenters. The molecule has 0 bridgehead atoms. The van der Waals surface area contributed by atoms with Gasteiger partial charge >= 0.3 is 0 Å². The number of rotatable bonds is 2. The van der Waals surface area contributed by atoms with Crippen LogP contribution in [0.25, 0.3) is 5.65 Å². The largest absolute Gasteiger partial charge is 0.350 e. The van der Waals surface area contributed by atoms with Gasteiger partial charge in [-0.2, -0.15) is 4.98 Å². The highest BCUT2D eigenvalue weighted by Crippen LogP contribution is 2.20. The average molecular weight is 258 g/mol. The molecule has 3 rings (SSSR count). The zero-order valence-corrected chi connectivity index (χ0v) is 11.6. The maximum atomic E-state index is 4.60. The quantitative estimate of drug-likeness (QED) is 0.895. The van der Waals surface area contributed by atoms with Crippen molar-refractivity contribution in [3.63, 3.8) is 0 Å². The van der Waals surface area contributed by atoms with E-state index in [1.54, 1.807) is 0 Å². The molecular formula is C15H22N4. The van der Waals surface area contributed by atoms with Gasteiger partial charge in [0.25, 0.3) is 0 Å². The van der Waals surface area contributed by atoms with E-state index in [9.17, 15) is 0 Å². The van der Waals surface area contributed by atoms with E-state index in [0.717, 1.165) is 11.6 Å². The van der Waals surface area contributed by atoms with Gasteiger partial charge in [-0.15, -0.1) is 5.10 Å². The molecule has 0 spiro atoms. The summed E-state index contributed by atoms with van der Waals surface area (Å²) in [5.74, 6) is 0.778. The normalized spacial score (nSPS) is 18.2. The van der Waals surface area contributed by atoms with Crippen molar-refractivity contribution in [2.45, 2.75) is 57.9 Å². The number of nitrogens with one attached hydrogen (secondary N) is 1. The van der Waals surface area contributed by atoms with Crippen molar-refractivity contribution >= 4 is 11.6 Å². The van der Waals surface area contributed by atoms with Gasteiger partial charge in [0, 0.05) is 12.2 Å². The van der Waals surface area contributed by atoms with E-state index in [4.69, 9.17) is 0 Å². The fourth-order valence-corrected chi connectivity index (χ4v) is 2.88. The number of nitrogens with zero attached hydrogens (tertiary/aromatic N) is 3. The Bertz CT molecular complexity index is 538. The van der Waals surface area contributed by atoms with Crippen molar-refractivity contribution in [2.24, 2.45) is 0 Å². The molecular weight excluding hydrogens is 236 g/mol. The first-order valence-corrected chi connectivity index (χ1v) is 7.41. The van der Waals surface area contributed by atoms with E-state index < -0.39 is 0 Å². The maximum Gasteiger partial charge on any atom is 0.243 e. The molecule has 0 unspecified atom stereocenters. The lowest BCUT2D eigenvalue weighted by atomic mass is 9.97. The zero-order valence-electron chi connectivity index (χ0n) is 11.6. The van der Waals surface area contributed by atoms with E-state index in [1.807, 2.05) is 16.8 Å². The average Bonchev–Trinajstić information content (AvgIpc) is 2.76. The molecule has 1 aliphatic rings. The monoisotopic (exact) mass is 258 g/mol. The molecule has 2 aromatic rings. The van der Waals surface area contributed by atoms with Gasteiger partial charge in [-0.1, -0.05) is 38.2 Å². The summed E-state index contributed by atoms with van der Waals surface area (Å²) >= 11 is 0. The van der Waals surface area contributed by atoms with Crippen molar-refractivity contribution in [3.8, 4) is 0 Å². The van der Waals surface area contributed by atoms with Crippen LogP contribution in [0.3, 0.4) is 0 Å². The predicted molar refractivity (Wildman–Crippen MR) is 77.5 cm³/mol. The number of hydrogen-bond donors (Lipinski definition) is 1. The Morgan fingerprint density at radius 2 is 1.89 bits per heavy atom. The van der Waals surface area contributed by atoms with E-state index in [2.05, 4.69) is 28.4 Å². The molecule has 1 aliphatic carbocycles. The second-order valence-electron chi connectivity index (χ2n) is 5.58. The van der Waals surface area contributed by atoms with Crippen molar-refractivity contribution < 1.29 is 0 Å². The van der Waals surface area contributed by atoms with Crippen LogP contribution in [0.1, 0.15) is 50.5 Å². The van der Waals surface area contributed by atoms with Crippen LogP contribution in [0.5, 0.6) is 0 Å². The molecule has 102 valence electrons. The molecule has 0 aromatic carbocycles. The van der Waals surface area contributed by atoms with Gasteiger partial charge < -0.3 is 5.32 Å². The lowest BCUT2D eigenvalue weighted by Crippen LogP contribution is -2.21. The summed E-state index contributed by atoms with van der Waals surface area (Å²) in [6, 6.07) is 4.62. The minimum atomic E-state index is 0.540. The summed E-state index contributed by atoms with van der Waals surface area (Å²) in [5.41, 5.74) is 2.12. The zero-order chi connectivity index (χ0) is 13.1. The first-order chi connectivity index (χ1) is 9.33. The molecule has 0 aliphatic heterocycles. The van der Waals surface area contributed by atoms with Crippen LogP contribution < -0.4 is 5.32 Å². The minimum Gasteiger partial charge on any atom is -0.350 e. The second-order valence-corrected chi connectivity index (χ2v) is 5.58. The Kier molecular flexibility index (Phi) is 3.67. The summed E-state index contributed by atoms with van der Waals surface area (Å²) in [5, 5.41) is 8.04.